The van der Waals surface area contributed by atoms with Crippen LogP contribution in [-0.4, -0.2) is 46.5 Å². The first-order valence-corrected chi connectivity index (χ1v) is 12.7. The van der Waals surface area contributed by atoms with E-state index in [0.29, 0.717) is 18.4 Å². The number of aryl methyl sites for hydroxylation is 1. The van der Waals surface area contributed by atoms with Gasteiger partial charge in [0.2, 0.25) is 0 Å². The van der Waals surface area contributed by atoms with Crippen molar-refractivity contribution >= 4 is 17.0 Å². The number of imidazole rings is 1. The van der Waals surface area contributed by atoms with Gasteiger partial charge in [-0.25, -0.2) is 18.2 Å². The van der Waals surface area contributed by atoms with Gasteiger partial charge in [0.1, 0.15) is 17.2 Å². The summed E-state index contributed by atoms with van der Waals surface area (Å²) in [6.45, 7) is -4.58. The van der Waals surface area contributed by atoms with Crippen molar-refractivity contribution in [1.82, 2.24) is 14.9 Å². The van der Waals surface area contributed by atoms with Gasteiger partial charge in [0.15, 0.2) is 0 Å². The number of hydrogen-bond acceptors (Lipinski definition) is 4. The number of alkyl halides is 2. The first-order chi connectivity index (χ1) is 21.5. The second-order valence-corrected chi connectivity index (χ2v) is 10.5. The number of halogens is 3. The number of aromatic nitrogens is 2. The number of nitrogens with zero attached hydrogens (tertiary/aromatic N) is 2. The van der Waals surface area contributed by atoms with Crippen LogP contribution in [0.25, 0.3) is 11.0 Å². The average molecular weight is 537 g/mol. The van der Waals surface area contributed by atoms with Gasteiger partial charge in [-0.15, -0.1) is 0 Å². The summed E-state index contributed by atoms with van der Waals surface area (Å²) in [5.41, 5.74) is -2.08. The summed E-state index contributed by atoms with van der Waals surface area (Å²) in [7, 11) is 0. The monoisotopic (exact) mass is 536 g/mol. The fourth-order valence-corrected chi connectivity index (χ4v) is 5.47. The Hall–Kier alpha value is -2.87. The third-order valence-corrected chi connectivity index (χ3v) is 7.23. The highest BCUT2D eigenvalue weighted by Crippen LogP contribution is 2.56. The van der Waals surface area contributed by atoms with Gasteiger partial charge in [-0.05, 0) is 68.4 Å². The lowest BCUT2D eigenvalue weighted by molar-refractivity contribution is -0.186. The van der Waals surface area contributed by atoms with Crippen molar-refractivity contribution in [3.05, 3.63) is 65.2 Å². The van der Waals surface area contributed by atoms with Crippen molar-refractivity contribution in [3.8, 4) is 0 Å². The molecule has 2 aromatic carbocycles. The Morgan fingerprint density at radius 2 is 2.08 bits per heavy atom. The number of hydrogen-bond donors (Lipinski definition) is 1. The predicted octanol–water partition coefficient (Wildman–Crippen LogP) is 6.58. The zero-order valence-electron chi connectivity index (χ0n) is 30.2. The van der Waals surface area contributed by atoms with E-state index in [4.69, 9.17) is 17.1 Å². The van der Waals surface area contributed by atoms with E-state index in [9.17, 15) is 9.18 Å². The number of nitrogens with one attached hydrogen (secondary N) is 1. The third kappa shape index (κ3) is 5.46. The van der Waals surface area contributed by atoms with Crippen molar-refractivity contribution in [2.45, 2.75) is 69.7 Å². The third-order valence-electron chi connectivity index (χ3n) is 7.23. The molecule has 3 aromatic rings. The van der Waals surface area contributed by atoms with Crippen LogP contribution in [0.1, 0.15) is 81.1 Å². The highest BCUT2D eigenvalue weighted by atomic mass is 19.3. The smallest absolute Gasteiger partial charge is 0.309 e. The molecule has 1 heterocycles. The van der Waals surface area contributed by atoms with Crippen LogP contribution in [0, 0.1) is 17.7 Å². The van der Waals surface area contributed by atoms with Gasteiger partial charge in [-0.1, -0.05) is 32.0 Å². The maximum atomic E-state index is 15.9. The molecule has 38 heavy (non-hydrogen) atoms. The number of fused-ring (bicyclic) bond motifs is 2. The van der Waals surface area contributed by atoms with Gasteiger partial charge in [0, 0.05) is 43.2 Å². The lowest BCUT2D eigenvalue weighted by atomic mass is 9.64. The molecule has 204 valence electrons. The molecule has 8 heteroatoms. The van der Waals surface area contributed by atoms with Crippen LogP contribution in [0.5, 0.6) is 0 Å². The topological polar surface area (TPSA) is 58.2 Å². The Bertz CT molecular complexity index is 1630. The zero-order chi connectivity index (χ0) is 35.0. The van der Waals surface area contributed by atoms with Crippen LogP contribution in [0.2, 0.25) is 0 Å². The lowest BCUT2D eigenvalue weighted by Crippen LogP contribution is -2.52. The molecule has 0 unspecified atom stereocenters. The summed E-state index contributed by atoms with van der Waals surface area (Å²) in [5.74, 6) is -8.02. The molecule has 0 bridgehead atoms. The fraction of sp³-hybridized carbons (Fsp3) is 0.533. The van der Waals surface area contributed by atoms with Gasteiger partial charge in [0.05, 0.1) is 23.4 Å². The maximum Gasteiger partial charge on any atom is 0.309 e. The Morgan fingerprint density at radius 1 is 1.29 bits per heavy atom. The number of aromatic amines is 1. The van der Waals surface area contributed by atoms with E-state index >= 15 is 8.78 Å². The molecule has 5 nitrogen and oxygen atoms in total. The van der Waals surface area contributed by atoms with Crippen molar-refractivity contribution in [1.29, 1.82) is 0 Å². The van der Waals surface area contributed by atoms with E-state index < -0.39 is 98.1 Å². The summed E-state index contributed by atoms with van der Waals surface area (Å²) in [6, 6.07) is 9.25. The molecule has 1 fully saturated rings. The summed E-state index contributed by atoms with van der Waals surface area (Å²) >= 11 is 0. The summed E-state index contributed by atoms with van der Waals surface area (Å²) in [5, 5.41) is 0. The first kappa shape index (κ1) is 17.7. The predicted molar refractivity (Wildman–Crippen MR) is 141 cm³/mol. The van der Waals surface area contributed by atoms with Crippen LogP contribution < -0.4 is 0 Å². The van der Waals surface area contributed by atoms with E-state index in [1.165, 1.54) is 12.1 Å². The van der Waals surface area contributed by atoms with Crippen molar-refractivity contribution in [3.63, 3.8) is 0 Å². The van der Waals surface area contributed by atoms with Gasteiger partial charge >= 0.3 is 5.97 Å². The Labute approximate surface area is 234 Å². The molecule has 0 aliphatic heterocycles. The van der Waals surface area contributed by atoms with Crippen LogP contribution in [0.15, 0.2) is 42.5 Å². The normalized spacial score (nSPS) is 27.7. The SMILES string of the molecule is [2H]C([2H])([2H])N(CC[C@@]1(OC(=O)C2CC2)CC(F)(F)c2cc(F)ccc2[C@@H]1C(C)C)C([2H])([2H])C([2H])([2H])C([2H])([2H])c1nc2ccccc2[nH]1. The number of H-pyrrole nitrogens is 1. The zero-order valence-corrected chi connectivity index (χ0v) is 21.2. The molecule has 1 saturated carbocycles. The van der Waals surface area contributed by atoms with Gasteiger partial charge in [-0.2, -0.15) is 0 Å². The summed E-state index contributed by atoms with van der Waals surface area (Å²) < 4.78 is 129. The number of rotatable bonds is 10. The number of esters is 1. The van der Waals surface area contributed by atoms with Crippen molar-refractivity contribution < 1.29 is 35.0 Å². The minimum atomic E-state index is -3.73. The highest BCUT2D eigenvalue weighted by Gasteiger charge is 2.58. The minimum Gasteiger partial charge on any atom is -0.458 e. The fourth-order valence-electron chi connectivity index (χ4n) is 5.47. The number of carbonyl (C=O) groups excluding carboxylic acids is 1. The summed E-state index contributed by atoms with van der Waals surface area (Å²) in [6.07, 6.45) is -7.71. The number of carbonyl (C=O) groups is 1. The van der Waals surface area contributed by atoms with E-state index in [0.717, 1.165) is 12.1 Å². The lowest BCUT2D eigenvalue weighted by Gasteiger charge is -2.49. The number of benzene rings is 2. The number of ether oxygens (including phenoxy) is 1. The quantitative estimate of drug-likeness (QED) is 0.297. The first-order valence-electron chi connectivity index (χ1n) is 17.2. The molecule has 0 spiro atoms. The Morgan fingerprint density at radius 3 is 2.79 bits per heavy atom. The van der Waals surface area contributed by atoms with E-state index in [-0.39, 0.29) is 16.0 Å². The molecule has 1 N–H and O–H groups in total. The molecule has 5 rings (SSSR count). The van der Waals surface area contributed by atoms with E-state index in [1.807, 2.05) is 0 Å². The molecular weight excluding hydrogens is 491 g/mol. The second-order valence-electron chi connectivity index (χ2n) is 10.5. The highest BCUT2D eigenvalue weighted by molar-refractivity contribution is 5.76. The molecule has 2 aliphatic carbocycles. The van der Waals surface area contributed by atoms with Gasteiger partial charge in [0.25, 0.3) is 5.92 Å². The largest absolute Gasteiger partial charge is 0.458 e. The molecule has 2 aliphatic rings. The summed E-state index contributed by atoms with van der Waals surface area (Å²) in [4.78, 5) is 20.0. The molecule has 0 amide bonds. The Kier molecular flexibility index (Phi) is 4.82. The van der Waals surface area contributed by atoms with Gasteiger partial charge < -0.3 is 14.6 Å². The Balaban J connectivity index is 1.57. The van der Waals surface area contributed by atoms with Crippen LogP contribution >= 0.6 is 0 Å². The maximum absolute atomic E-state index is 15.9. The van der Waals surface area contributed by atoms with E-state index in [1.54, 1.807) is 32.0 Å². The standard InChI is InChI=1S/C30H36F3N3O2/c1-19(2)27-22-13-12-21(31)17-23(22)30(32,33)18-29(27,38-28(37)20-10-11-20)14-16-36(3)15-6-9-26-34-24-7-4-5-8-25(24)35-26/h4-5,7-8,12-13,17,19-20,27H,6,9-11,14-16,18H2,1-3H3,(H,34,35)/t27-,29+/m0/s1/i3D3,6D2,9D2,15D2. The molecule has 2 atom stereocenters. The van der Waals surface area contributed by atoms with Crippen LogP contribution in [0.3, 0.4) is 0 Å². The van der Waals surface area contributed by atoms with Gasteiger partial charge in [-0.3, -0.25) is 4.79 Å². The van der Waals surface area contributed by atoms with Crippen LogP contribution in [-0.2, 0) is 21.8 Å². The molecule has 0 radical (unpaired) electrons. The molecule has 1 aromatic heterocycles. The van der Waals surface area contributed by atoms with Crippen molar-refractivity contribution in [2.75, 3.05) is 20.0 Å². The molecule has 0 saturated heterocycles. The van der Waals surface area contributed by atoms with Crippen LogP contribution in [0.4, 0.5) is 13.2 Å². The average Bonchev–Trinajstić information content (AvgIpc) is 3.70. The minimum absolute atomic E-state index is 0.00115. The van der Waals surface area contributed by atoms with Crippen molar-refractivity contribution in [2.24, 2.45) is 11.8 Å². The number of para-hydroxylation sites is 2. The molecular formula is C30H36F3N3O2. The van der Waals surface area contributed by atoms with E-state index in [2.05, 4.69) is 9.97 Å². The second kappa shape index (κ2) is 10.4.